The molecule has 0 atom stereocenters. The number of aryl methyl sites for hydroxylation is 1. The Balaban J connectivity index is 2.19. The van der Waals surface area contributed by atoms with Gasteiger partial charge in [-0.15, -0.1) is 0 Å². The Morgan fingerprint density at radius 2 is 1.83 bits per heavy atom. The van der Waals surface area contributed by atoms with Crippen LogP contribution in [0.25, 0.3) is 0 Å². The molecule has 0 spiro atoms. The maximum atomic E-state index is 12.7. The number of Topliss-reactive ketones (excluding diaryl/α,β-unsaturated/α-hetero) is 1. The van der Waals surface area contributed by atoms with Crippen LogP contribution in [0.5, 0.6) is 0 Å². The Morgan fingerprint density at radius 3 is 2.39 bits per heavy atom. The molecule has 1 aromatic rings. The monoisotopic (exact) mass is 245 g/mol. The molecule has 1 fully saturated rings. The fourth-order valence-electron chi connectivity index (χ4n) is 3.08. The van der Waals surface area contributed by atoms with E-state index in [0.29, 0.717) is 12.2 Å². The second-order valence-electron chi connectivity index (χ2n) is 5.66. The van der Waals surface area contributed by atoms with Crippen LogP contribution in [0.4, 0.5) is 0 Å². The summed E-state index contributed by atoms with van der Waals surface area (Å²) in [5.74, 6) is 0.388. The molecule has 0 aliphatic heterocycles. The summed E-state index contributed by atoms with van der Waals surface area (Å²) < 4.78 is 0. The Kier molecular flexibility index (Phi) is 3.86. The van der Waals surface area contributed by atoms with Crippen LogP contribution >= 0.6 is 0 Å². The zero-order chi connectivity index (χ0) is 13.2. The molecule has 1 saturated carbocycles. The molecule has 2 rings (SSSR count). The van der Waals surface area contributed by atoms with Gasteiger partial charge in [0.25, 0.3) is 0 Å². The van der Waals surface area contributed by atoms with Crippen molar-refractivity contribution in [2.45, 2.75) is 44.6 Å². The third-order valence-corrected chi connectivity index (χ3v) is 4.42. The number of hydrogen-bond donors (Lipinski definition) is 0. The van der Waals surface area contributed by atoms with Crippen molar-refractivity contribution in [3.05, 3.63) is 35.4 Å². The van der Waals surface area contributed by atoms with Crippen molar-refractivity contribution in [1.29, 1.82) is 0 Å². The van der Waals surface area contributed by atoms with E-state index in [0.717, 1.165) is 12.8 Å². The zero-order valence-corrected chi connectivity index (χ0v) is 11.7. The largest absolute Gasteiger partial charge is 0.297 e. The number of nitrogens with zero attached hydrogens (tertiary/aromatic N) is 1. The van der Waals surface area contributed by atoms with Crippen LogP contribution in [0.15, 0.2) is 24.3 Å². The highest BCUT2D eigenvalue weighted by Gasteiger charge is 2.42. The van der Waals surface area contributed by atoms with Crippen molar-refractivity contribution in [3.63, 3.8) is 0 Å². The van der Waals surface area contributed by atoms with Crippen molar-refractivity contribution >= 4 is 5.78 Å². The SMILES string of the molecule is Cc1ccccc1CC(=O)C1(N(C)C)CCCC1. The molecule has 18 heavy (non-hydrogen) atoms. The summed E-state index contributed by atoms with van der Waals surface area (Å²) >= 11 is 0. The van der Waals surface area contributed by atoms with Crippen molar-refractivity contribution in [1.82, 2.24) is 4.90 Å². The minimum atomic E-state index is -0.206. The lowest BCUT2D eigenvalue weighted by atomic mass is 9.86. The van der Waals surface area contributed by atoms with Gasteiger partial charge >= 0.3 is 0 Å². The molecule has 0 bridgehead atoms. The lowest BCUT2D eigenvalue weighted by Crippen LogP contribution is -2.49. The van der Waals surface area contributed by atoms with E-state index in [1.807, 2.05) is 26.2 Å². The summed E-state index contributed by atoms with van der Waals surface area (Å²) in [6.07, 6.45) is 4.97. The molecule has 0 radical (unpaired) electrons. The van der Waals surface area contributed by atoms with Crippen LogP contribution in [-0.2, 0) is 11.2 Å². The summed E-state index contributed by atoms with van der Waals surface area (Å²) in [7, 11) is 4.09. The number of benzene rings is 1. The van der Waals surface area contributed by atoms with Gasteiger partial charge in [-0.05, 0) is 45.0 Å². The number of rotatable bonds is 4. The standard InChI is InChI=1S/C16H23NO/c1-13-8-4-5-9-14(13)12-15(18)16(17(2)3)10-6-7-11-16/h4-5,8-9H,6-7,10-12H2,1-3H3. The Morgan fingerprint density at radius 1 is 1.22 bits per heavy atom. The van der Waals surface area contributed by atoms with Crippen molar-refractivity contribution in [2.24, 2.45) is 0 Å². The first-order chi connectivity index (χ1) is 8.56. The number of carbonyl (C=O) groups is 1. The second-order valence-corrected chi connectivity index (χ2v) is 5.66. The highest BCUT2D eigenvalue weighted by atomic mass is 16.1. The van der Waals surface area contributed by atoms with Gasteiger partial charge in [0.2, 0.25) is 0 Å². The first kappa shape index (κ1) is 13.3. The first-order valence-electron chi connectivity index (χ1n) is 6.81. The molecule has 0 saturated heterocycles. The number of carbonyl (C=O) groups excluding carboxylic acids is 1. The molecule has 98 valence electrons. The van der Waals surface area contributed by atoms with Gasteiger partial charge in [-0.25, -0.2) is 0 Å². The number of likely N-dealkylation sites (N-methyl/N-ethyl adjacent to an activating group) is 1. The Hall–Kier alpha value is -1.15. The molecule has 1 aromatic carbocycles. The molecule has 1 aliphatic rings. The third kappa shape index (κ3) is 2.35. The molecular weight excluding hydrogens is 222 g/mol. The van der Waals surface area contributed by atoms with Crippen molar-refractivity contribution in [3.8, 4) is 0 Å². The van der Waals surface area contributed by atoms with E-state index >= 15 is 0 Å². The summed E-state index contributed by atoms with van der Waals surface area (Å²) in [5, 5.41) is 0. The molecule has 0 N–H and O–H groups in total. The van der Waals surface area contributed by atoms with Gasteiger partial charge < -0.3 is 0 Å². The minimum absolute atomic E-state index is 0.206. The summed E-state index contributed by atoms with van der Waals surface area (Å²) in [4.78, 5) is 14.8. The van der Waals surface area contributed by atoms with E-state index in [1.54, 1.807) is 0 Å². The quantitative estimate of drug-likeness (QED) is 0.813. The van der Waals surface area contributed by atoms with Gasteiger partial charge in [-0.3, -0.25) is 9.69 Å². The van der Waals surface area contributed by atoms with Crippen LogP contribution in [0.1, 0.15) is 36.8 Å². The molecule has 2 heteroatoms. The average molecular weight is 245 g/mol. The first-order valence-corrected chi connectivity index (χ1v) is 6.81. The Bertz CT molecular complexity index is 430. The smallest absolute Gasteiger partial charge is 0.157 e. The molecule has 0 aromatic heterocycles. The zero-order valence-electron chi connectivity index (χ0n) is 11.7. The second kappa shape index (κ2) is 5.23. The van der Waals surface area contributed by atoms with Gasteiger partial charge in [-0.2, -0.15) is 0 Å². The number of ketones is 1. The normalized spacial score (nSPS) is 18.2. The highest BCUT2D eigenvalue weighted by molar-refractivity contribution is 5.90. The van der Waals surface area contributed by atoms with Crippen LogP contribution < -0.4 is 0 Å². The van der Waals surface area contributed by atoms with E-state index in [-0.39, 0.29) is 5.54 Å². The predicted octanol–water partition coefficient (Wildman–Crippen LogP) is 2.98. The lowest BCUT2D eigenvalue weighted by molar-refractivity contribution is -0.128. The maximum Gasteiger partial charge on any atom is 0.157 e. The van der Waals surface area contributed by atoms with Crippen molar-refractivity contribution in [2.75, 3.05) is 14.1 Å². The molecule has 1 aliphatic carbocycles. The van der Waals surface area contributed by atoms with E-state index in [9.17, 15) is 4.79 Å². The van der Waals surface area contributed by atoms with Crippen LogP contribution in [0.2, 0.25) is 0 Å². The Labute approximate surface area is 110 Å². The van der Waals surface area contributed by atoms with E-state index < -0.39 is 0 Å². The molecular formula is C16H23NO. The summed E-state index contributed by atoms with van der Waals surface area (Å²) in [5.41, 5.74) is 2.19. The van der Waals surface area contributed by atoms with Gasteiger partial charge in [0.05, 0.1) is 5.54 Å². The lowest BCUT2D eigenvalue weighted by Gasteiger charge is -2.35. The van der Waals surface area contributed by atoms with E-state index in [1.165, 1.54) is 24.0 Å². The van der Waals surface area contributed by atoms with Gasteiger partial charge in [0, 0.05) is 6.42 Å². The third-order valence-electron chi connectivity index (χ3n) is 4.42. The van der Waals surface area contributed by atoms with Gasteiger partial charge in [0.15, 0.2) is 5.78 Å². The minimum Gasteiger partial charge on any atom is -0.297 e. The fraction of sp³-hybridized carbons (Fsp3) is 0.562. The summed E-state index contributed by atoms with van der Waals surface area (Å²) in [6, 6.07) is 8.21. The average Bonchev–Trinajstić information content (AvgIpc) is 2.82. The predicted molar refractivity (Wildman–Crippen MR) is 74.8 cm³/mol. The molecule has 0 heterocycles. The highest BCUT2D eigenvalue weighted by Crippen LogP contribution is 2.35. The van der Waals surface area contributed by atoms with Crippen molar-refractivity contribution < 1.29 is 4.79 Å². The van der Waals surface area contributed by atoms with E-state index in [4.69, 9.17) is 0 Å². The van der Waals surface area contributed by atoms with Crippen LogP contribution in [-0.4, -0.2) is 30.3 Å². The van der Waals surface area contributed by atoms with Gasteiger partial charge in [0.1, 0.15) is 0 Å². The fourth-order valence-corrected chi connectivity index (χ4v) is 3.08. The van der Waals surface area contributed by atoms with Crippen LogP contribution in [0, 0.1) is 6.92 Å². The van der Waals surface area contributed by atoms with E-state index in [2.05, 4.69) is 24.0 Å². The van der Waals surface area contributed by atoms with Crippen LogP contribution in [0.3, 0.4) is 0 Å². The molecule has 0 unspecified atom stereocenters. The van der Waals surface area contributed by atoms with Gasteiger partial charge in [-0.1, -0.05) is 37.1 Å². The summed E-state index contributed by atoms with van der Waals surface area (Å²) in [6.45, 7) is 2.08. The molecule has 2 nitrogen and oxygen atoms in total. The number of hydrogen-bond acceptors (Lipinski definition) is 2. The molecule has 0 amide bonds. The topological polar surface area (TPSA) is 20.3 Å². The maximum absolute atomic E-state index is 12.7.